The van der Waals surface area contributed by atoms with Crippen LogP contribution in [0.15, 0.2) is 20.8 Å². The second kappa shape index (κ2) is 8.36. The highest BCUT2D eigenvalue weighted by atomic mass is 32.2. The van der Waals surface area contributed by atoms with Crippen LogP contribution in [0, 0.1) is 0 Å². The number of nitrogens with zero attached hydrogens (tertiary/aromatic N) is 4. The standard InChI is InChI=1S/C12H18N4O3S/c1-4-6-7-16(13-3)9(5-2)11-14-15-12(19-11)20-8-10(17)18/h5H,3-4,6-8H2,1-2H3,(H,17,18)/b9-5-. The average Bonchev–Trinajstić information content (AvgIpc) is 2.89. The van der Waals surface area contributed by atoms with E-state index in [9.17, 15) is 4.79 Å². The van der Waals surface area contributed by atoms with E-state index in [1.807, 2.05) is 13.0 Å². The second-order valence-electron chi connectivity index (χ2n) is 3.85. The lowest BCUT2D eigenvalue weighted by atomic mass is 10.3. The minimum atomic E-state index is -0.932. The van der Waals surface area contributed by atoms with Gasteiger partial charge in [0, 0.05) is 13.3 Å². The van der Waals surface area contributed by atoms with Gasteiger partial charge in [0.1, 0.15) is 11.4 Å². The van der Waals surface area contributed by atoms with Gasteiger partial charge in [0.2, 0.25) is 0 Å². The van der Waals surface area contributed by atoms with Gasteiger partial charge in [-0.3, -0.25) is 9.80 Å². The van der Waals surface area contributed by atoms with E-state index in [1.165, 1.54) is 0 Å². The zero-order valence-electron chi connectivity index (χ0n) is 11.6. The number of aromatic nitrogens is 2. The zero-order valence-corrected chi connectivity index (χ0v) is 12.4. The number of carboxylic acid groups (broad SMARTS) is 1. The van der Waals surface area contributed by atoms with Crippen LogP contribution >= 0.6 is 11.8 Å². The van der Waals surface area contributed by atoms with Crippen LogP contribution in [-0.2, 0) is 4.79 Å². The Hall–Kier alpha value is -1.83. The van der Waals surface area contributed by atoms with Gasteiger partial charge in [-0.15, -0.1) is 10.2 Å². The lowest BCUT2D eigenvalue weighted by molar-refractivity contribution is -0.133. The molecule has 0 atom stereocenters. The van der Waals surface area contributed by atoms with Crippen molar-refractivity contribution < 1.29 is 14.3 Å². The molecule has 1 aromatic rings. The molecule has 1 rings (SSSR count). The number of unbranched alkanes of at least 4 members (excludes halogenated alkanes) is 1. The number of hydrogen-bond donors (Lipinski definition) is 1. The van der Waals surface area contributed by atoms with E-state index >= 15 is 0 Å². The summed E-state index contributed by atoms with van der Waals surface area (Å²) in [5, 5.41) is 22.2. The molecule has 0 saturated carbocycles. The number of hydrazone groups is 1. The van der Waals surface area contributed by atoms with Crippen molar-refractivity contribution in [2.45, 2.75) is 31.9 Å². The molecule has 1 heterocycles. The van der Waals surface area contributed by atoms with E-state index in [2.05, 4.69) is 28.9 Å². The molecule has 0 unspecified atom stereocenters. The summed E-state index contributed by atoms with van der Waals surface area (Å²) in [4.78, 5) is 10.5. The van der Waals surface area contributed by atoms with Crippen LogP contribution in [0.3, 0.4) is 0 Å². The molecule has 0 radical (unpaired) electrons. The molecule has 0 aliphatic carbocycles. The molecule has 0 aromatic carbocycles. The first-order chi connectivity index (χ1) is 9.62. The molecule has 0 aliphatic rings. The molecule has 0 spiro atoms. The fraction of sp³-hybridized carbons (Fsp3) is 0.500. The molecule has 0 amide bonds. The number of carbonyl (C=O) groups is 1. The summed E-state index contributed by atoms with van der Waals surface area (Å²) in [5.74, 6) is -0.742. The van der Waals surface area contributed by atoms with Gasteiger partial charge in [-0.25, -0.2) is 0 Å². The van der Waals surface area contributed by atoms with Crippen LogP contribution in [-0.4, -0.2) is 45.3 Å². The minimum absolute atomic E-state index is 0.119. The van der Waals surface area contributed by atoms with Gasteiger partial charge >= 0.3 is 5.97 Å². The van der Waals surface area contributed by atoms with Crippen molar-refractivity contribution in [1.82, 2.24) is 15.2 Å². The number of carboxylic acids is 1. The van der Waals surface area contributed by atoms with Gasteiger partial charge < -0.3 is 9.52 Å². The van der Waals surface area contributed by atoms with Crippen LogP contribution in [0.1, 0.15) is 32.6 Å². The minimum Gasteiger partial charge on any atom is -0.481 e. The van der Waals surface area contributed by atoms with Crippen LogP contribution in [0.2, 0.25) is 0 Å². The predicted molar refractivity (Wildman–Crippen MR) is 77.5 cm³/mol. The Bertz CT molecular complexity index is 487. The Kier molecular flexibility index (Phi) is 6.78. The highest BCUT2D eigenvalue weighted by Crippen LogP contribution is 2.23. The van der Waals surface area contributed by atoms with Crippen LogP contribution in [0.4, 0.5) is 0 Å². The SMILES string of the molecule is C=NN(CCCC)/C(=C\C)c1nnc(SCC(=O)O)o1. The van der Waals surface area contributed by atoms with Crippen molar-refractivity contribution in [1.29, 1.82) is 0 Å². The fourth-order valence-corrected chi connectivity index (χ4v) is 1.94. The zero-order chi connectivity index (χ0) is 15.0. The summed E-state index contributed by atoms with van der Waals surface area (Å²) in [5.41, 5.74) is 0.670. The van der Waals surface area contributed by atoms with Gasteiger partial charge in [0.05, 0.1) is 0 Å². The van der Waals surface area contributed by atoms with E-state index < -0.39 is 5.97 Å². The number of aliphatic carboxylic acids is 1. The normalized spacial score (nSPS) is 11.4. The van der Waals surface area contributed by atoms with Crippen molar-refractivity contribution in [2.24, 2.45) is 5.10 Å². The van der Waals surface area contributed by atoms with E-state index in [-0.39, 0.29) is 11.0 Å². The first-order valence-electron chi connectivity index (χ1n) is 6.21. The van der Waals surface area contributed by atoms with E-state index in [4.69, 9.17) is 9.52 Å². The summed E-state index contributed by atoms with van der Waals surface area (Å²) in [6, 6.07) is 0. The molecule has 1 N–H and O–H groups in total. The number of thioether (sulfide) groups is 1. The Balaban J connectivity index is 2.79. The molecule has 0 aliphatic heterocycles. The summed E-state index contributed by atoms with van der Waals surface area (Å²) in [7, 11) is 0. The van der Waals surface area contributed by atoms with Crippen LogP contribution in [0.25, 0.3) is 5.70 Å². The summed E-state index contributed by atoms with van der Waals surface area (Å²) >= 11 is 0.983. The predicted octanol–water partition coefficient (Wildman–Crippen LogP) is 2.32. The van der Waals surface area contributed by atoms with Gasteiger partial charge in [0.15, 0.2) is 0 Å². The quantitative estimate of drug-likeness (QED) is 0.425. The summed E-state index contributed by atoms with van der Waals surface area (Å²) in [6.07, 6.45) is 3.81. The van der Waals surface area contributed by atoms with Gasteiger partial charge in [-0.1, -0.05) is 31.2 Å². The molecular weight excluding hydrogens is 280 g/mol. The molecule has 8 heteroatoms. The first kappa shape index (κ1) is 16.2. The summed E-state index contributed by atoms with van der Waals surface area (Å²) in [6.45, 7) is 8.17. The fourth-order valence-electron chi connectivity index (χ4n) is 1.45. The lowest BCUT2D eigenvalue weighted by Crippen LogP contribution is -2.17. The number of allylic oxidation sites excluding steroid dienone is 1. The smallest absolute Gasteiger partial charge is 0.314 e. The third kappa shape index (κ3) is 4.69. The van der Waals surface area contributed by atoms with E-state index in [1.54, 1.807) is 5.01 Å². The largest absolute Gasteiger partial charge is 0.481 e. The third-order valence-corrected chi connectivity index (χ3v) is 3.19. The molecule has 0 fully saturated rings. The molecule has 0 bridgehead atoms. The molecule has 20 heavy (non-hydrogen) atoms. The van der Waals surface area contributed by atoms with E-state index in [0.29, 0.717) is 18.1 Å². The van der Waals surface area contributed by atoms with Gasteiger partial charge in [-0.05, 0) is 13.3 Å². The maximum atomic E-state index is 10.5. The van der Waals surface area contributed by atoms with Gasteiger partial charge in [0.25, 0.3) is 11.1 Å². The molecule has 1 aromatic heterocycles. The van der Waals surface area contributed by atoms with Crippen molar-refractivity contribution in [3.05, 3.63) is 12.0 Å². The van der Waals surface area contributed by atoms with Crippen LogP contribution < -0.4 is 0 Å². The van der Waals surface area contributed by atoms with Crippen molar-refractivity contribution in [3.63, 3.8) is 0 Å². The van der Waals surface area contributed by atoms with Crippen molar-refractivity contribution >= 4 is 30.1 Å². The second-order valence-corrected chi connectivity index (χ2v) is 4.77. The maximum Gasteiger partial charge on any atom is 0.314 e. The number of hydrogen-bond acceptors (Lipinski definition) is 7. The highest BCUT2D eigenvalue weighted by Gasteiger charge is 2.17. The molecule has 0 saturated heterocycles. The van der Waals surface area contributed by atoms with Crippen LogP contribution in [0.5, 0.6) is 0 Å². The highest BCUT2D eigenvalue weighted by molar-refractivity contribution is 7.99. The maximum absolute atomic E-state index is 10.5. The Labute approximate surface area is 121 Å². The molecular formula is C12H18N4O3S. The van der Waals surface area contributed by atoms with Gasteiger partial charge in [-0.2, -0.15) is 5.10 Å². The molecule has 110 valence electrons. The Morgan fingerprint density at radius 2 is 2.35 bits per heavy atom. The Morgan fingerprint density at radius 1 is 1.60 bits per heavy atom. The topological polar surface area (TPSA) is 91.8 Å². The van der Waals surface area contributed by atoms with Crippen molar-refractivity contribution in [3.8, 4) is 0 Å². The van der Waals surface area contributed by atoms with E-state index in [0.717, 1.165) is 24.6 Å². The monoisotopic (exact) mass is 298 g/mol. The average molecular weight is 298 g/mol. The third-order valence-electron chi connectivity index (χ3n) is 2.39. The number of rotatable bonds is 9. The lowest BCUT2D eigenvalue weighted by Gasteiger charge is -2.18. The Morgan fingerprint density at radius 3 is 2.90 bits per heavy atom. The molecule has 7 nitrogen and oxygen atoms in total. The first-order valence-corrected chi connectivity index (χ1v) is 7.19. The summed E-state index contributed by atoms with van der Waals surface area (Å²) < 4.78 is 5.43. The van der Waals surface area contributed by atoms with Crippen molar-refractivity contribution in [2.75, 3.05) is 12.3 Å².